The highest BCUT2D eigenvalue weighted by atomic mass is 32.2. The molecule has 2 heterocycles. The van der Waals surface area contributed by atoms with Gasteiger partial charge in [0.05, 0.1) is 18.5 Å². The smallest absolute Gasteiger partial charge is 0.272 e. The third kappa shape index (κ3) is 4.39. The highest BCUT2D eigenvalue weighted by Gasteiger charge is 2.27. The number of anilines is 1. The summed E-state index contributed by atoms with van der Waals surface area (Å²) in [4.78, 5) is 21.8. The highest BCUT2D eigenvalue weighted by molar-refractivity contribution is 7.98. The number of aromatic nitrogens is 2. The number of amides is 1. The van der Waals surface area contributed by atoms with Crippen LogP contribution in [0.5, 0.6) is 5.75 Å². The molecular formula is C23H25FN4O2S. The van der Waals surface area contributed by atoms with E-state index < -0.39 is 0 Å². The number of carbonyl (C=O) groups excluding carboxylic acids is 1. The Balaban J connectivity index is 1.52. The van der Waals surface area contributed by atoms with Crippen molar-refractivity contribution in [1.82, 2.24) is 14.5 Å². The van der Waals surface area contributed by atoms with Crippen LogP contribution in [0.4, 0.5) is 10.1 Å². The lowest BCUT2D eigenvalue weighted by Crippen LogP contribution is -2.49. The van der Waals surface area contributed by atoms with Crippen LogP contribution in [0.3, 0.4) is 0 Å². The molecule has 6 nitrogen and oxygen atoms in total. The predicted octanol–water partition coefficient (Wildman–Crippen LogP) is 4.09. The minimum Gasteiger partial charge on any atom is -0.492 e. The van der Waals surface area contributed by atoms with Crippen LogP contribution in [0.15, 0.2) is 59.9 Å². The summed E-state index contributed by atoms with van der Waals surface area (Å²) in [6.07, 6.45) is 3.51. The first-order chi connectivity index (χ1) is 15.1. The summed E-state index contributed by atoms with van der Waals surface area (Å²) in [5.74, 6) is 0.476. The number of benzene rings is 2. The molecule has 2 aromatic carbocycles. The van der Waals surface area contributed by atoms with Crippen LogP contribution in [0, 0.1) is 5.82 Å². The average molecular weight is 441 g/mol. The van der Waals surface area contributed by atoms with E-state index in [9.17, 15) is 9.18 Å². The van der Waals surface area contributed by atoms with Gasteiger partial charge in [-0.3, -0.25) is 9.36 Å². The molecule has 0 radical (unpaired) electrons. The number of thioether (sulfide) groups is 1. The van der Waals surface area contributed by atoms with Crippen LogP contribution >= 0.6 is 11.8 Å². The zero-order valence-electron chi connectivity index (χ0n) is 17.6. The van der Waals surface area contributed by atoms with Gasteiger partial charge in [-0.05, 0) is 49.6 Å². The van der Waals surface area contributed by atoms with Gasteiger partial charge in [-0.15, -0.1) is 0 Å². The fourth-order valence-corrected chi connectivity index (χ4v) is 4.32. The van der Waals surface area contributed by atoms with Crippen LogP contribution in [-0.2, 0) is 0 Å². The lowest BCUT2D eigenvalue weighted by molar-refractivity contribution is 0.0738. The minimum atomic E-state index is -0.314. The second kappa shape index (κ2) is 9.43. The van der Waals surface area contributed by atoms with E-state index in [1.807, 2.05) is 36.3 Å². The maximum absolute atomic E-state index is 13.4. The second-order valence-electron chi connectivity index (χ2n) is 7.12. The fraction of sp³-hybridized carbons (Fsp3) is 0.304. The van der Waals surface area contributed by atoms with E-state index in [2.05, 4.69) is 16.0 Å². The van der Waals surface area contributed by atoms with Gasteiger partial charge in [-0.25, -0.2) is 9.37 Å². The van der Waals surface area contributed by atoms with Crippen molar-refractivity contribution < 1.29 is 13.9 Å². The summed E-state index contributed by atoms with van der Waals surface area (Å²) in [6.45, 7) is 5.22. The van der Waals surface area contributed by atoms with Crippen LogP contribution in [0.1, 0.15) is 17.4 Å². The lowest BCUT2D eigenvalue weighted by Gasteiger charge is -2.36. The first-order valence-electron chi connectivity index (χ1n) is 10.3. The molecule has 1 saturated heterocycles. The summed E-state index contributed by atoms with van der Waals surface area (Å²) in [5, 5.41) is 0.694. The quantitative estimate of drug-likeness (QED) is 0.541. The Morgan fingerprint density at radius 3 is 2.48 bits per heavy atom. The van der Waals surface area contributed by atoms with Crippen LogP contribution in [0.2, 0.25) is 0 Å². The Bertz CT molecular complexity index is 1050. The van der Waals surface area contributed by atoms with Gasteiger partial charge in [0, 0.05) is 31.9 Å². The van der Waals surface area contributed by atoms with E-state index in [1.54, 1.807) is 22.9 Å². The van der Waals surface area contributed by atoms with Gasteiger partial charge < -0.3 is 14.5 Å². The molecule has 0 saturated carbocycles. The van der Waals surface area contributed by atoms with E-state index in [4.69, 9.17) is 4.74 Å². The normalized spacial score (nSPS) is 14.0. The zero-order chi connectivity index (χ0) is 21.8. The molecule has 1 aliphatic heterocycles. The van der Waals surface area contributed by atoms with Crippen molar-refractivity contribution in [2.24, 2.45) is 0 Å². The van der Waals surface area contributed by atoms with Crippen molar-refractivity contribution in [3.05, 3.63) is 66.2 Å². The molecule has 1 aromatic heterocycles. The molecule has 3 aromatic rings. The Labute approximate surface area is 185 Å². The summed E-state index contributed by atoms with van der Waals surface area (Å²) < 4.78 is 20.9. The molecule has 4 rings (SSSR count). The molecule has 1 amide bonds. The van der Waals surface area contributed by atoms with Crippen LogP contribution in [-0.4, -0.2) is 59.4 Å². The summed E-state index contributed by atoms with van der Waals surface area (Å²) in [6, 6.07) is 14.1. The lowest BCUT2D eigenvalue weighted by atomic mass is 10.2. The van der Waals surface area contributed by atoms with Crippen molar-refractivity contribution in [3.8, 4) is 11.4 Å². The third-order valence-electron chi connectivity index (χ3n) is 5.29. The molecular weight excluding hydrogens is 415 g/mol. The number of halogens is 1. The average Bonchev–Trinajstić information content (AvgIpc) is 3.24. The number of carbonyl (C=O) groups is 1. The number of rotatable bonds is 6. The number of hydrogen-bond donors (Lipinski definition) is 0. The Kier molecular flexibility index (Phi) is 6.46. The summed E-state index contributed by atoms with van der Waals surface area (Å²) in [5.41, 5.74) is 2.26. The highest BCUT2D eigenvalue weighted by Crippen LogP contribution is 2.29. The number of hydrogen-bond acceptors (Lipinski definition) is 5. The van der Waals surface area contributed by atoms with Crippen LogP contribution in [0.25, 0.3) is 5.69 Å². The molecule has 162 valence electrons. The minimum absolute atomic E-state index is 0.0742. The molecule has 0 unspecified atom stereocenters. The Morgan fingerprint density at radius 2 is 1.81 bits per heavy atom. The van der Waals surface area contributed by atoms with Crippen molar-refractivity contribution >= 4 is 23.4 Å². The van der Waals surface area contributed by atoms with E-state index in [-0.39, 0.29) is 11.7 Å². The fourth-order valence-electron chi connectivity index (χ4n) is 3.78. The monoisotopic (exact) mass is 440 g/mol. The molecule has 1 aliphatic rings. The van der Waals surface area contributed by atoms with E-state index in [0.29, 0.717) is 30.5 Å². The summed E-state index contributed by atoms with van der Waals surface area (Å²) >= 11 is 1.45. The molecule has 0 spiro atoms. The molecule has 8 heteroatoms. The molecule has 0 bridgehead atoms. The number of piperazine rings is 1. The van der Waals surface area contributed by atoms with Gasteiger partial charge in [0.25, 0.3) is 5.91 Å². The van der Waals surface area contributed by atoms with E-state index >= 15 is 0 Å². The van der Waals surface area contributed by atoms with Gasteiger partial charge in [0.1, 0.15) is 17.3 Å². The van der Waals surface area contributed by atoms with Gasteiger partial charge in [0.15, 0.2) is 5.16 Å². The van der Waals surface area contributed by atoms with E-state index in [1.165, 1.54) is 23.9 Å². The van der Waals surface area contributed by atoms with Gasteiger partial charge in [-0.1, -0.05) is 23.9 Å². The topological polar surface area (TPSA) is 50.6 Å². The van der Waals surface area contributed by atoms with Crippen molar-refractivity contribution in [2.45, 2.75) is 12.1 Å². The predicted molar refractivity (Wildman–Crippen MR) is 121 cm³/mol. The molecule has 0 N–H and O–H groups in total. The second-order valence-corrected chi connectivity index (χ2v) is 7.90. The zero-order valence-corrected chi connectivity index (χ0v) is 18.4. The van der Waals surface area contributed by atoms with Crippen molar-refractivity contribution in [1.29, 1.82) is 0 Å². The standard InChI is InChI=1S/C23H25FN4O2S/c1-3-30-21-7-5-4-6-19(21)26-12-14-27(15-13-26)22(29)20-16-25-23(31-2)28(20)18-10-8-17(24)9-11-18/h4-11,16H,3,12-15H2,1-2H3. The molecule has 0 atom stereocenters. The Morgan fingerprint density at radius 1 is 1.10 bits per heavy atom. The molecule has 1 fully saturated rings. The molecule has 31 heavy (non-hydrogen) atoms. The first kappa shape index (κ1) is 21.2. The van der Waals surface area contributed by atoms with E-state index in [0.717, 1.165) is 30.2 Å². The number of nitrogens with zero attached hydrogens (tertiary/aromatic N) is 4. The SMILES string of the molecule is CCOc1ccccc1N1CCN(C(=O)c2cnc(SC)n2-c2ccc(F)cc2)CC1. The van der Waals surface area contributed by atoms with Gasteiger partial charge in [-0.2, -0.15) is 0 Å². The maximum Gasteiger partial charge on any atom is 0.272 e. The third-order valence-corrected chi connectivity index (χ3v) is 5.94. The Hall–Kier alpha value is -3.00. The first-order valence-corrected chi connectivity index (χ1v) is 11.5. The van der Waals surface area contributed by atoms with Crippen LogP contribution < -0.4 is 9.64 Å². The number of ether oxygens (including phenoxy) is 1. The van der Waals surface area contributed by atoms with Crippen molar-refractivity contribution in [3.63, 3.8) is 0 Å². The number of imidazole rings is 1. The summed E-state index contributed by atoms with van der Waals surface area (Å²) in [7, 11) is 0. The maximum atomic E-state index is 13.4. The van der Waals surface area contributed by atoms with Gasteiger partial charge >= 0.3 is 0 Å². The van der Waals surface area contributed by atoms with Crippen molar-refractivity contribution in [2.75, 3.05) is 43.9 Å². The molecule has 0 aliphatic carbocycles. The van der Waals surface area contributed by atoms with Gasteiger partial charge in [0.2, 0.25) is 0 Å². The number of para-hydroxylation sites is 2. The largest absolute Gasteiger partial charge is 0.492 e.